The molecule has 1 aromatic heterocycles. The van der Waals surface area contributed by atoms with Gasteiger partial charge in [0, 0.05) is 43.1 Å². The molecule has 0 saturated carbocycles. The molecule has 0 fully saturated rings. The number of nitrogens with zero attached hydrogens (tertiary/aromatic N) is 2. The molecule has 0 N–H and O–H groups in total. The third kappa shape index (κ3) is 17.7. The maximum atomic E-state index is 10.8. The van der Waals surface area contributed by atoms with Crippen LogP contribution < -0.4 is 9.47 Å². The molecule has 0 aliphatic heterocycles. The summed E-state index contributed by atoms with van der Waals surface area (Å²) in [4.78, 5) is 2.61. The second-order valence-electron chi connectivity index (χ2n) is 11.8. The first-order valence-electron chi connectivity index (χ1n) is 16.9. The van der Waals surface area contributed by atoms with E-state index in [0.29, 0.717) is 13.0 Å². The van der Waals surface area contributed by atoms with Crippen molar-refractivity contribution < 1.29 is 17.5 Å². The standard InChI is InChI=1S/C36H58N2O3S/c1-3-5-7-9-11-13-15-17-29-38(30-18-16-14-12-10-8-6-4-2)36-24-22-34(23-25-36)20-21-35-26-31-37(32-27-35)28-19-33-42(39,40)41/h20-27,31-32H,3-19,28-30,33H2,1-2H3. The van der Waals surface area contributed by atoms with E-state index in [1.54, 1.807) is 0 Å². The summed E-state index contributed by atoms with van der Waals surface area (Å²) in [5, 5.41) is 0. The van der Waals surface area contributed by atoms with E-state index in [9.17, 15) is 13.0 Å². The SMILES string of the molecule is CCCCCCCCCCN(CCCCCCCCCC)c1ccc(C=Cc2cc[n+](CCCS(=O)(=O)[O-])cc2)cc1. The maximum absolute atomic E-state index is 10.8. The second kappa shape index (κ2) is 22.4. The minimum absolute atomic E-state index is 0.326. The van der Waals surface area contributed by atoms with Gasteiger partial charge < -0.3 is 9.45 Å². The first kappa shape index (κ1) is 36.0. The number of rotatable bonds is 25. The van der Waals surface area contributed by atoms with E-state index in [-0.39, 0.29) is 5.75 Å². The van der Waals surface area contributed by atoms with Gasteiger partial charge in [-0.3, -0.25) is 0 Å². The van der Waals surface area contributed by atoms with Crippen molar-refractivity contribution in [3.63, 3.8) is 0 Å². The van der Waals surface area contributed by atoms with E-state index in [2.05, 4.69) is 55.2 Å². The minimum Gasteiger partial charge on any atom is -0.748 e. The summed E-state index contributed by atoms with van der Waals surface area (Å²) in [6.07, 6.45) is 30.1. The Balaban J connectivity index is 1.86. The Morgan fingerprint density at radius 1 is 0.619 bits per heavy atom. The van der Waals surface area contributed by atoms with Gasteiger partial charge in [-0.2, -0.15) is 0 Å². The zero-order valence-corrected chi connectivity index (χ0v) is 27.5. The summed E-state index contributed by atoms with van der Waals surface area (Å²) in [5.74, 6) is -0.326. The summed E-state index contributed by atoms with van der Waals surface area (Å²) in [6, 6.07) is 13.0. The second-order valence-corrected chi connectivity index (χ2v) is 13.4. The Hall–Kier alpha value is -2.18. The van der Waals surface area contributed by atoms with Crippen LogP contribution in [0.1, 0.15) is 134 Å². The summed E-state index contributed by atoms with van der Waals surface area (Å²) in [7, 11) is -4.15. The number of hydrogen-bond donors (Lipinski definition) is 0. The van der Waals surface area contributed by atoms with Crippen molar-refractivity contribution in [3.05, 3.63) is 59.9 Å². The third-order valence-corrected chi connectivity index (χ3v) is 8.81. The van der Waals surface area contributed by atoms with Crippen molar-refractivity contribution in [2.45, 2.75) is 130 Å². The Morgan fingerprint density at radius 2 is 1.05 bits per heavy atom. The van der Waals surface area contributed by atoms with E-state index >= 15 is 0 Å². The zero-order chi connectivity index (χ0) is 30.3. The molecule has 42 heavy (non-hydrogen) atoms. The smallest absolute Gasteiger partial charge is 0.169 e. The normalized spacial score (nSPS) is 11.9. The maximum Gasteiger partial charge on any atom is 0.169 e. The molecule has 0 atom stereocenters. The number of benzene rings is 1. The number of hydrogen-bond acceptors (Lipinski definition) is 4. The molecule has 1 aromatic carbocycles. The molecule has 0 aliphatic carbocycles. The molecule has 0 aliphatic rings. The largest absolute Gasteiger partial charge is 0.748 e. The van der Waals surface area contributed by atoms with Gasteiger partial charge >= 0.3 is 0 Å². The highest BCUT2D eigenvalue weighted by molar-refractivity contribution is 7.85. The zero-order valence-electron chi connectivity index (χ0n) is 26.7. The third-order valence-electron chi connectivity index (χ3n) is 8.02. The number of aryl methyl sites for hydroxylation is 1. The van der Waals surface area contributed by atoms with Crippen LogP contribution in [-0.4, -0.2) is 31.8 Å². The van der Waals surface area contributed by atoms with E-state index in [4.69, 9.17) is 0 Å². The summed E-state index contributed by atoms with van der Waals surface area (Å²) in [6.45, 7) is 7.37. The van der Waals surface area contributed by atoms with Crippen LogP contribution in [0.2, 0.25) is 0 Å². The lowest BCUT2D eigenvalue weighted by molar-refractivity contribution is -0.696. The minimum atomic E-state index is -4.15. The quantitative estimate of drug-likeness (QED) is 0.0649. The van der Waals surface area contributed by atoms with Crippen LogP contribution in [0.5, 0.6) is 0 Å². The van der Waals surface area contributed by atoms with E-state index in [1.807, 2.05) is 29.1 Å². The molecule has 0 spiro atoms. The number of unbranched alkanes of at least 4 members (excludes halogenated alkanes) is 14. The first-order chi connectivity index (χ1) is 20.4. The molecule has 2 aromatic rings. The summed E-state index contributed by atoms with van der Waals surface area (Å²) >= 11 is 0. The van der Waals surface area contributed by atoms with Crippen LogP contribution in [0.25, 0.3) is 12.2 Å². The number of aromatic nitrogens is 1. The Bertz CT molecular complexity index is 1050. The van der Waals surface area contributed by atoms with E-state index < -0.39 is 10.1 Å². The fraction of sp³-hybridized carbons (Fsp3) is 0.639. The average molecular weight is 599 g/mol. The van der Waals surface area contributed by atoms with Gasteiger partial charge in [-0.05, 0) is 36.1 Å². The van der Waals surface area contributed by atoms with Crippen LogP contribution in [0, 0.1) is 0 Å². The highest BCUT2D eigenvalue weighted by Gasteiger charge is 2.07. The molecule has 1 heterocycles. The predicted octanol–water partition coefficient (Wildman–Crippen LogP) is 9.17. The van der Waals surface area contributed by atoms with Crippen molar-refractivity contribution in [1.82, 2.24) is 0 Å². The molecular formula is C36H58N2O3S. The van der Waals surface area contributed by atoms with Gasteiger partial charge in [0.15, 0.2) is 12.4 Å². The predicted molar refractivity (Wildman–Crippen MR) is 179 cm³/mol. The lowest BCUT2D eigenvalue weighted by atomic mass is 10.1. The lowest BCUT2D eigenvalue weighted by Gasteiger charge is -2.25. The molecule has 0 saturated heterocycles. The van der Waals surface area contributed by atoms with Crippen LogP contribution in [0.3, 0.4) is 0 Å². The van der Waals surface area contributed by atoms with Crippen LogP contribution in [-0.2, 0) is 16.7 Å². The Labute approximate surface area is 258 Å². The fourth-order valence-corrected chi connectivity index (χ4v) is 5.87. The fourth-order valence-electron chi connectivity index (χ4n) is 5.38. The molecular weight excluding hydrogens is 540 g/mol. The van der Waals surface area contributed by atoms with Crippen molar-refractivity contribution in [2.24, 2.45) is 0 Å². The summed E-state index contributed by atoms with van der Waals surface area (Å²) in [5.41, 5.74) is 3.59. The average Bonchev–Trinajstić information content (AvgIpc) is 2.98. The Morgan fingerprint density at radius 3 is 1.50 bits per heavy atom. The van der Waals surface area contributed by atoms with E-state index in [0.717, 1.165) is 18.7 Å². The molecule has 0 amide bonds. The van der Waals surface area contributed by atoms with Crippen molar-refractivity contribution in [2.75, 3.05) is 23.7 Å². The summed E-state index contributed by atoms with van der Waals surface area (Å²) < 4.78 is 34.3. The monoisotopic (exact) mass is 598 g/mol. The highest BCUT2D eigenvalue weighted by Crippen LogP contribution is 2.20. The topological polar surface area (TPSA) is 64.3 Å². The number of pyridine rings is 1. The first-order valence-corrected chi connectivity index (χ1v) is 18.4. The van der Waals surface area contributed by atoms with Crippen molar-refractivity contribution in [3.8, 4) is 0 Å². The van der Waals surface area contributed by atoms with Gasteiger partial charge in [0.2, 0.25) is 0 Å². The van der Waals surface area contributed by atoms with Gasteiger partial charge in [-0.15, -0.1) is 0 Å². The van der Waals surface area contributed by atoms with Gasteiger partial charge in [0.1, 0.15) is 6.54 Å². The highest BCUT2D eigenvalue weighted by atomic mass is 32.2. The molecule has 2 rings (SSSR count). The molecule has 0 unspecified atom stereocenters. The molecule has 236 valence electrons. The van der Waals surface area contributed by atoms with Crippen molar-refractivity contribution >= 4 is 28.0 Å². The van der Waals surface area contributed by atoms with E-state index in [1.165, 1.54) is 114 Å². The van der Waals surface area contributed by atoms with Gasteiger partial charge in [0.25, 0.3) is 0 Å². The van der Waals surface area contributed by atoms with Crippen LogP contribution in [0.15, 0.2) is 48.8 Å². The van der Waals surface area contributed by atoms with Gasteiger partial charge in [-0.1, -0.05) is 128 Å². The Kier molecular flexibility index (Phi) is 19.2. The van der Waals surface area contributed by atoms with Crippen LogP contribution in [0.4, 0.5) is 5.69 Å². The van der Waals surface area contributed by atoms with Crippen molar-refractivity contribution in [1.29, 1.82) is 0 Å². The molecule has 6 heteroatoms. The van der Waals surface area contributed by atoms with Gasteiger partial charge in [0.05, 0.1) is 10.1 Å². The molecule has 0 bridgehead atoms. The number of anilines is 1. The van der Waals surface area contributed by atoms with Crippen LogP contribution >= 0.6 is 0 Å². The molecule has 0 radical (unpaired) electrons. The lowest BCUT2D eigenvalue weighted by Crippen LogP contribution is -2.33. The molecule has 5 nitrogen and oxygen atoms in total. The van der Waals surface area contributed by atoms with Gasteiger partial charge in [-0.25, -0.2) is 13.0 Å².